The minimum atomic E-state index is -1.19. The van der Waals surface area contributed by atoms with Gasteiger partial charge in [0, 0.05) is 19.5 Å². The maximum absolute atomic E-state index is 11.7. The number of ketones is 1. The molecule has 1 aliphatic heterocycles. The lowest BCUT2D eigenvalue weighted by atomic mass is 9.98. The zero-order valence-corrected chi connectivity index (χ0v) is 15.2. The number of hydrogen-bond donors (Lipinski definition) is 1. The highest BCUT2D eigenvalue weighted by molar-refractivity contribution is 5.85. The van der Waals surface area contributed by atoms with E-state index in [1.807, 2.05) is 0 Å². The van der Waals surface area contributed by atoms with Gasteiger partial charge in [0.2, 0.25) is 0 Å². The minimum absolute atomic E-state index is 0.0294. The Kier molecular flexibility index (Phi) is 5.50. The van der Waals surface area contributed by atoms with Gasteiger partial charge in [-0.25, -0.2) is 0 Å². The van der Waals surface area contributed by atoms with Crippen molar-refractivity contribution in [3.63, 3.8) is 0 Å². The molecular weight excluding hydrogens is 344 g/mol. The van der Waals surface area contributed by atoms with Crippen LogP contribution < -0.4 is 14.8 Å². The lowest BCUT2D eigenvalue weighted by Crippen LogP contribution is -2.58. The number of carbonyl (C=O) groups is 2. The van der Waals surface area contributed by atoms with Crippen LogP contribution in [-0.2, 0) is 14.3 Å². The lowest BCUT2D eigenvalue weighted by Gasteiger charge is -2.34. The van der Waals surface area contributed by atoms with Crippen molar-refractivity contribution in [2.24, 2.45) is 0 Å². The molecule has 0 radical (unpaired) electrons. The molecule has 0 saturated heterocycles. The van der Waals surface area contributed by atoms with Gasteiger partial charge in [0.15, 0.2) is 17.1 Å². The van der Waals surface area contributed by atoms with Gasteiger partial charge in [0.1, 0.15) is 19.0 Å². The molecule has 9 nitrogen and oxygen atoms in total. The summed E-state index contributed by atoms with van der Waals surface area (Å²) in [5.74, 6) is -0.101. The number of rotatable bonds is 6. The first-order chi connectivity index (χ1) is 12.0. The fourth-order valence-electron chi connectivity index (χ4n) is 2.31. The van der Waals surface area contributed by atoms with Crippen molar-refractivity contribution >= 4 is 17.4 Å². The van der Waals surface area contributed by atoms with E-state index in [1.165, 1.54) is 32.0 Å². The largest absolute Gasteiger partial charge is 0.485 e. The van der Waals surface area contributed by atoms with Crippen LogP contribution in [-0.4, -0.2) is 47.6 Å². The molecule has 0 amide bonds. The van der Waals surface area contributed by atoms with Crippen LogP contribution in [0, 0.1) is 10.1 Å². The summed E-state index contributed by atoms with van der Waals surface area (Å²) in [7, 11) is 0. The predicted octanol–water partition coefficient (Wildman–Crippen LogP) is 1.63. The summed E-state index contributed by atoms with van der Waals surface area (Å²) in [5.41, 5.74) is -2.15. The Labute approximate surface area is 150 Å². The molecule has 1 aliphatic rings. The van der Waals surface area contributed by atoms with Crippen LogP contribution >= 0.6 is 0 Å². The Balaban J connectivity index is 2.24. The van der Waals surface area contributed by atoms with Gasteiger partial charge in [0.05, 0.1) is 16.5 Å². The molecule has 1 heterocycles. The first-order valence-corrected chi connectivity index (χ1v) is 8.04. The van der Waals surface area contributed by atoms with E-state index in [2.05, 4.69) is 5.32 Å². The van der Waals surface area contributed by atoms with Gasteiger partial charge in [0.25, 0.3) is 5.69 Å². The number of Topliss-reactive ketones (excluding diaryl/α,β-unsaturated/α-hetero) is 1. The summed E-state index contributed by atoms with van der Waals surface area (Å²) in [5, 5.41) is 14.0. The van der Waals surface area contributed by atoms with E-state index in [0.717, 1.165) is 0 Å². The third-order valence-electron chi connectivity index (χ3n) is 4.21. The van der Waals surface area contributed by atoms with E-state index in [4.69, 9.17) is 14.2 Å². The quantitative estimate of drug-likeness (QED) is 0.459. The number of carbonyl (C=O) groups excluding carboxylic acids is 2. The van der Waals surface area contributed by atoms with Crippen LogP contribution in [0.5, 0.6) is 11.5 Å². The molecule has 0 aliphatic carbocycles. The summed E-state index contributed by atoms with van der Waals surface area (Å²) in [4.78, 5) is 33.7. The zero-order chi connectivity index (χ0) is 19.5. The average Bonchev–Trinajstić information content (AvgIpc) is 2.72. The first-order valence-electron chi connectivity index (χ1n) is 8.04. The normalized spacial score (nSPS) is 19.4. The number of benzene rings is 1. The summed E-state index contributed by atoms with van der Waals surface area (Å²) in [6.07, 6.45) is 0. The van der Waals surface area contributed by atoms with Crippen LogP contribution in [0.25, 0.3) is 0 Å². The number of nitrogens with one attached hydrogen (secondary N) is 1. The molecular formula is C17H22N2O7. The third kappa shape index (κ3) is 4.48. The van der Waals surface area contributed by atoms with Crippen LogP contribution in [0.1, 0.15) is 27.7 Å². The summed E-state index contributed by atoms with van der Waals surface area (Å²) in [6, 6.07) is 3.99. The summed E-state index contributed by atoms with van der Waals surface area (Å²) in [6.45, 7) is 6.15. The van der Waals surface area contributed by atoms with Gasteiger partial charge in [-0.05, 0) is 26.8 Å². The second kappa shape index (κ2) is 7.28. The average molecular weight is 366 g/mol. The number of nitrogens with zero attached hydrogens (tertiary/aromatic N) is 1. The number of hydrogen-bond acceptors (Lipinski definition) is 8. The molecule has 0 aromatic heterocycles. The molecule has 0 saturated carbocycles. The molecule has 1 aromatic carbocycles. The second-order valence-corrected chi connectivity index (χ2v) is 6.78. The van der Waals surface area contributed by atoms with Crippen molar-refractivity contribution in [3.05, 3.63) is 28.3 Å². The zero-order valence-electron chi connectivity index (χ0n) is 15.2. The molecule has 1 unspecified atom stereocenters. The Morgan fingerprint density at radius 1 is 1.27 bits per heavy atom. The van der Waals surface area contributed by atoms with Crippen molar-refractivity contribution in [2.45, 2.75) is 38.8 Å². The second-order valence-electron chi connectivity index (χ2n) is 6.78. The Hall–Kier alpha value is -2.68. The number of ether oxygens (including phenoxy) is 3. The van der Waals surface area contributed by atoms with Gasteiger partial charge >= 0.3 is 5.97 Å². The van der Waals surface area contributed by atoms with Crippen molar-refractivity contribution in [3.8, 4) is 11.5 Å². The van der Waals surface area contributed by atoms with Crippen molar-refractivity contribution in [1.82, 2.24) is 5.32 Å². The Bertz CT molecular complexity index is 732. The predicted molar refractivity (Wildman–Crippen MR) is 91.3 cm³/mol. The van der Waals surface area contributed by atoms with Crippen LogP contribution in [0.4, 0.5) is 5.69 Å². The highest BCUT2D eigenvalue weighted by Gasteiger charge is 2.40. The molecule has 0 spiro atoms. The van der Waals surface area contributed by atoms with E-state index in [1.54, 1.807) is 13.8 Å². The highest BCUT2D eigenvalue weighted by Crippen LogP contribution is 2.35. The summed E-state index contributed by atoms with van der Waals surface area (Å²) < 4.78 is 16.8. The molecule has 2 rings (SSSR count). The van der Waals surface area contributed by atoms with E-state index < -0.39 is 22.0 Å². The van der Waals surface area contributed by atoms with E-state index in [-0.39, 0.29) is 37.0 Å². The number of nitro groups is 1. The fourth-order valence-corrected chi connectivity index (χ4v) is 2.31. The standard InChI is InChI=1S/C17H22N2O7/c1-11(20)16(3,4)18-8-17(26-12(2)21)9-24-14-6-5-13(19(22)23)7-15(14)25-10-17/h5-7,18H,8-10H2,1-4H3. The number of esters is 1. The van der Waals surface area contributed by atoms with Crippen molar-refractivity contribution < 1.29 is 28.7 Å². The maximum Gasteiger partial charge on any atom is 0.303 e. The number of fused-ring (bicyclic) bond motifs is 1. The van der Waals surface area contributed by atoms with Gasteiger partial charge in [-0.2, -0.15) is 0 Å². The minimum Gasteiger partial charge on any atom is -0.485 e. The molecule has 9 heteroatoms. The lowest BCUT2D eigenvalue weighted by molar-refractivity contribution is -0.385. The van der Waals surface area contributed by atoms with Gasteiger partial charge in [-0.15, -0.1) is 0 Å². The SMILES string of the molecule is CC(=O)OC1(CNC(C)(C)C(C)=O)COc2ccc([N+](=O)[O-])cc2OC1. The van der Waals surface area contributed by atoms with Gasteiger partial charge < -0.3 is 19.5 Å². The topological polar surface area (TPSA) is 117 Å². The van der Waals surface area contributed by atoms with E-state index in [0.29, 0.717) is 5.75 Å². The smallest absolute Gasteiger partial charge is 0.303 e. The molecule has 1 atom stereocenters. The van der Waals surface area contributed by atoms with Crippen LogP contribution in [0.15, 0.2) is 18.2 Å². The molecule has 0 bridgehead atoms. The molecule has 1 N–H and O–H groups in total. The maximum atomic E-state index is 11.7. The van der Waals surface area contributed by atoms with Crippen molar-refractivity contribution in [1.29, 1.82) is 0 Å². The van der Waals surface area contributed by atoms with Crippen molar-refractivity contribution in [2.75, 3.05) is 19.8 Å². The van der Waals surface area contributed by atoms with Crippen LogP contribution in [0.3, 0.4) is 0 Å². The Morgan fingerprint density at radius 3 is 2.42 bits per heavy atom. The monoisotopic (exact) mass is 366 g/mol. The fraction of sp³-hybridized carbons (Fsp3) is 0.529. The van der Waals surface area contributed by atoms with E-state index >= 15 is 0 Å². The molecule has 142 valence electrons. The Morgan fingerprint density at radius 2 is 1.88 bits per heavy atom. The van der Waals surface area contributed by atoms with Gasteiger partial charge in [-0.3, -0.25) is 19.7 Å². The highest BCUT2D eigenvalue weighted by atomic mass is 16.6. The van der Waals surface area contributed by atoms with Gasteiger partial charge in [-0.1, -0.05) is 0 Å². The molecule has 26 heavy (non-hydrogen) atoms. The molecule has 0 fully saturated rings. The number of non-ortho nitro benzene ring substituents is 1. The first kappa shape index (κ1) is 19.6. The summed E-state index contributed by atoms with van der Waals surface area (Å²) >= 11 is 0. The van der Waals surface area contributed by atoms with E-state index in [9.17, 15) is 19.7 Å². The number of nitro benzene ring substituents is 1. The third-order valence-corrected chi connectivity index (χ3v) is 4.21. The molecule has 1 aromatic rings. The van der Waals surface area contributed by atoms with Crippen LogP contribution in [0.2, 0.25) is 0 Å².